The molecule has 37 heteroatoms. The first-order valence-electron chi connectivity index (χ1n) is 39.0. The van der Waals surface area contributed by atoms with Gasteiger partial charge in [0.2, 0.25) is 23.7 Å². The average Bonchev–Trinajstić information content (AvgIpc) is 1.63. The van der Waals surface area contributed by atoms with E-state index < -0.39 is 23.6 Å². The number of carbonyl (C=O) groups excluding carboxylic acids is 6. The van der Waals surface area contributed by atoms with Crippen molar-refractivity contribution in [1.82, 2.24) is 64.8 Å². The molecule has 0 spiro atoms. The number of thioether (sulfide) groups is 1. The fourth-order valence-electron chi connectivity index (χ4n) is 12.7. The number of nitrogens with two attached hydrogens (primary N) is 1. The van der Waals surface area contributed by atoms with E-state index in [-0.39, 0.29) is 73.3 Å². The number of rotatable bonds is 59. The summed E-state index contributed by atoms with van der Waals surface area (Å²) in [6, 6.07) is 10.1. The van der Waals surface area contributed by atoms with Gasteiger partial charge in [0, 0.05) is 87.5 Å². The van der Waals surface area contributed by atoms with Gasteiger partial charge in [-0.15, -0.1) is 0 Å². The van der Waals surface area contributed by atoms with E-state index in [9.17, 15) is 28.8 Å². The number of nitrogens with zero attached hydrogens (tertiary/aromatic N) is 9. The van der Waals surface area contributed by atoms with Gasteiger partial charge in [0.25, 0.3) is 17.7 Å². The molecule has 7 amide bonds. The lowest BCUT2D eigenvalue weighted by Crippen LogP contribution is -2.37. The number of anilines is 2. The number of unbranched alkanes of at least 4 members (excludes halogenated alkanes) is 1. The van der Waals surface area contributed by atoms with Crippen LogP contribution in [0.15, 0.2) is 48.6 Å². The quantitative estimate of drug-likeness (QED) is 0.0160. The maximum absolute atomic E-state index is 14.1. The summed E-state index contributed by atoms with van der Waals surface area (Å²) >= 11 is 1.89. The van der Waals surface area contributed by atoms with Crippen molar-refractivity contribution in [1.29, 1.82) is 0 Å². The number of aromatic nitrogens is 8. The number of primary amides is 1. The molecule has 0 radical (unpaired) electrons. The maximum Gasteiger partial charge on any atom is 0.315 e. The molecular formula is C76H114N16O20S. The van der Waals surface area contributed by atoms with Gasteiger partial charge in [0.1, 0.15) is 33.9 Å². The van der Waals surface area contributed by atoms with E-state index in [2.05, 4.69) is 47.0 Å². The van der Waals surface area contributed by atoms with Crippen molar-refractivity contribution in [3.8, 4) is 11.5 Å². The molecule has 3 aliphatic rings. The van der Waals surface area contributed by atoms with Crippen LogP contribution in [0.2, 0.25) is 0 Å². The summed E-state index contributed by atoms with van der Waals surface area (Å²) < 4.78 is 86.2. The Kier molecular flexibility index (Phi) is 38.7. The number of ether oxygens (including phenoxy) is 14. The van der Waals surface area contributed by atoms with Crippen LogP contribution in [-0.2, 0) is 87.8 Å². The summed E-state index contributed by atoms with van der Waals surface area (Å²) in [6.45, 7) is 22.3. The van der Waals surface area contributed by atoms with Crippen LogP contribution in [-0.4, -0.2) is 307 Å². The fourth-order valence-corrected chi connectivity index (χ4v) is 14.3. The number of allylic oxidation sites excluding steroid dienone is 2. The van der Waals surface area contributed by atoms with E-state index in [0.29, 0.717) is 253 Å². The Hall–Kier alpha value is -8.41. The Morgan fingerprint density at radius 3 is 1.48 bits per heavy atom. The molecule has 3 aliphatic heterocycles. The van der Waals surface area contributed by atoms with Crippen molar-refractivity contribution >= 4 is 81.3 Å². The first-order chi connectivity index (χ1) is 55.2. The zero-order valence-electron chi connectivity index (χ0n) is 65.8. The van der Waals surface area contributed by atoms with E-state index in [0.717, 1.165) is 44.6 Å². The minimum Gasteiger partial charge on any atom is -0.494 e. The van der Waals surface area contributed by atoms with Gasteiger partial charge in [0.05, 0.1) is 207 Å². The number of imidazole rings is 2. The van der Waals surface area contributed by atoms with Gasteiger partial charge < -0.3 is 102 Å². The van der Waals surface area contributed by atoms with E-state index >= 15 is 0 Å². The maximum atomic E-state index is 14.1. The van der Waals surface area contributed by atoms with E-state index in [1.54, 1.807) is 61.8 Å². The van der Waals surface area contributed by atoms with Crippen LogP contribution in [0, 0.1) is 13.8 Å². The molecule has 3 atom stereocenters. The molecule has 0 saturated carbocycles. The van der Waals surface area contributed by atoms with Gasteiger partial charge in [-0.25, -0.2) is 14.8 Å². The number of urea groups is 1. The van der Waals surface area contributed by atoms with Crippen LogP contribution in [0.25, 0.3) is 22.1 Å². The first-order valence-corrected chi connectivity index (χ1v) is 40.1. The monoisotopic (exact) mass is 1600 g/mol. The molecule has 0 unspecified atom stereocenters. The number of amides is 7. The second-order valence-corrected chi connectivity index (χ2v) is 27.8. The SMILES string of the molecule is CCn1nc(C)cc1C(=O)Nc1nc2cc(C(=O)NCCOCCOCCOCCOCCOCCOCCOCCOCCOCCOCCOCCNC(=O)CCCC[C@@H]3SC[C@@H]4NC(=O)N[C@@H]43)cc(OC)c2n1C/C=C/Cn1c(NC(=O)c2cc(C)nn2CC)nc2cc(C(N)=O)cc(OCCCN3CCOCC3)c21. The number of aryl methyl sites for hydroxylation is 4. The standard InChI is InChI=1S/C76H114N16O20S/c1-6-91-61(47-54(3)86-91)72(96)84-74-81-59-50-57(52-63(99-5)68(59)89(74)18-10-11-19-90-69-58(80-75(90)85-73(97)62-48-55(4)87-92(62)7-2)49-56(70(77)94)51-64(69)112-22-12-17-88-20-25-102-26-21-88)71(95)79-16-24-101-28-30-104-32-34-106-36-38-108-40-42-110-44-46-111-45-43-109-41-39-107-37-35-105-33-31-103-29-27-100-23-15-78-66(93)14-9-8-13-65-67-60(53-113-65)82-76(98)83-67/h10-11,47-52,60,65,67H,6-9,12-46,53H2,1-5H3,(H2,77,94)(H,78,93)(H,79,95)(H,80,85,97)(H,81,84,96)(H2,82,83,98)/b11-10+/t60-,65-,67-/m0/s1. The van der Waals surface area contributed by atoms with Crippen LogP contribution in [0.4, 0.5) is 16.7 Å². The van der Waals surface area contributed by atoms with Crippen molar-refractivity contribution in [2.45, 2.75) is 103 Å². The van der Waals surface area contributed by atoms with Crippen molar-refractivity contribution in [3.05, 3.63) is 82.5 Å². The highest BCUT2D eigenvalue weighted by molar-refractivity contribution is 8.00. The van der Waals surface area contributed by atoms with Crippen LogP contribution in [0.1, 0.15) is 99.0 Å². The molecule has 4 aromatic heterocycles. The lowest BCUT2D eigenvalue weighted by Gasteiger charge is -2.26. The van der Waals surface area contributed by atoms with Crippen molar-refractivity contribution in [3.63, 3.8) is 0 Å². The van der Waals surface area contributed by atoms with Gasteiger partial charge in [-0.2, -0.15) is 22.0 Å². The molecule has 3 fully saturated rings. The number of benzene rings is 2. The number of hydrogen-bond acceptors (Lipinski definition) is 26. The Labute approximate surface area is 662 Å². The molecule has 113 heavy (non-hydrogen) atoms. The number of hydrogen-bond donors (Lipinski definition) is 7. The lowest BCUT2D eigenvalue weighted by atomic mass is 10.0. The molecule has 36 nitrogen and oxygen atoms in total. The lowest BCUT2D eigenvalue weighted by molar-refractivity contribution is -0.121. The van der Waals surface area contributed by atoms with Crippen LogP contribution < -0.4 is 47.1 Å². The third kappa shape index (κ3) is 29.1. The highest BCUT2D eigenvalue weighted by atomic mass is 32.2. The summed E-state index contributed by atoms with van der Waals surface area (Å²) in [6.07, 6.45) is 7.68. The van der Waals surface area contributed by atoms with Crippen LogP contribution >= 0.6 is 11.8 Å². The largest absolute Gasteiger partial charge is 0.494 e. The molecule has 9 rings (SSSR count). The number of methoxy groups -OCH3 is 1. The molecule has 0 bridgehead atoms. The Balaban J connectivity index is 0.601. The minimum absolute atomic E-state index is 0.0271. The fraction of sp³-hybridized carbons (Fsp3) is 0.632. The Morgan fingerprint density at radius 1 is 0.558 bits per heavy atom. The van der Waals surface area contributed by atoms with Gasteiger partial charge in [0.15, 0.2) is 0 Å². The molecule has 2 aromatic carbocycles. The van der Waals surface area contributed by atoms with Crippen molar-refractivity contribution < 1.29 is 95.1 Å². The Bertz CT molecular complexity index is 3960. The highest BCUT2D eigenvalue weighted by Gasteiger charge is 2.42. The average molecular weight is 1600 g/mol. The van der Waals surface area contributed by atoms with Gasteiger partial charge in [-0.1, -0.05) is 18.6 Å². The summed E-state index contributed by atoms with van der Waals surface area (Å²) in [5.41, 5.74) is 10.0. The molecule has 7 heterocycles. The van der Waals surface area contributed by atoms with E-state index in [1.807, 2.05) is 44.7 Å². The summed E-state index contributed by atoms with van der Waals surface area (Å²) in [4.78, 5) is 90.3. The van der Waals surface area contributed by atoms with E-state index in [4.69, 9.17) is 82.0 Å². The number of morpholine rings is 1. The smallest absolute Gasteiger partial charge is 0.315 e. The molecule has 3 saturated heterocycles. The minimum atomic E-state index is -0.672. The molecule has 0 aliphatic carbocycles. The molecule has 6 aromatic rings. The topological polar surface area (TPSA) is 404 Å². The van der Waals surface area contributed by atoms with Crippen LogP contribution in [0.3, 0.4) is 0 Å². The third-order valence-electron chi connectivity index (χ3n) is 18.3. The predicted molar refractivity (Wildman–Crippen MR) is 421 cm³/mol. The number of fused-ring (bicyclic) bond motifs is 3. The third-order valence-corrected chi connectivity index (χ3v) is 19.8. The Morgan fingerprint density at radius 2 is 1.01 bits per heavy atom. The molecule has 8 N–H and O–H groups in total. The molecule has 624 valence electrons. The predicted octanol–water partition coefficient (Wildman–Crippen LogP) is 4.16. The number of nitrogens with one attached hydrogen (secondary N) is 6. The second-order valence-electron chi connectivity index (χ2n) is 26.6. The van der Waals surface area contributed by atoms with Crippen LogP contribution in [0.5, 0.6) is 11.5 Å². The summed E-state index contributed by atoms with van der Waals surface area (Å²) in [5.74, 6) is 0.0231. The first kappa shape index (κ1) is 88.5. The summed E-state index contributed by atoms with van der Waals surface area (Å²) in [5, 5.41) is 27.1. The van der Waals surface area contributed by atoms with Gasteiger partial charge in [-0.05, 0) is 83.4 Å². The van der Waals surface area contributed by atoms with E-state index in [1.165, 1.54) is 7.11 Å². The zero-order chi connectivity index (χ0) is 79.8. The van der Waals surface area contributed by atoms with Gasteiger partial charge >= 0.3 is 6.03 Å². The number of carbonyl (C=O) groups is 6. The molecular weight excluding hydrogens is 1490 g/mol. The highest BCUT2D eigenvalue weighted by Crippen LogP contribution is 2.35. The normalized spacial score (nSPS) is 15.7. The second kappa shape index (κ2) is 49.4. The van der Waals surface area contributed by atoms with Crippen molar-refractivity contribution in [2.24, 2.45) is 5.73 Å². The summed E-state index contributed by atoms with van der Waals surface area (Å²) in [7, 11) is 1.49. The van der Waals surface area contributed by atoms with Gasteiger partial charge in [-0.3, -0.25) is 48.9 Å². The zero-order valence-corrected chi connectivity index (χ0v) is 66.6. The van der Waals surface area contributed by atoms with Crippen molar-refractivity contribution in [2.75, 3.05) is 221 Å².